The largest absolute Gasteiger partial charge is 0.390 e. The third-order valence-corrected chi connectivity index (χ3v) is 3.96. The maximum atomic E-state index is 9.42. The first-order valence-electron chi connectivity index (χ1n) is 7.40. The zero-order chi connectivity index (χ0) is 12.8. The molecule has 1 aliphatic carbocycles. The number of aliphatic hydroxyl groups excluding tert-OH is 1. The van der Waals surface area contributed by atoms with Crippen molar-refractivity contribution >= 4 is 0 Å². The van der Waals surface area contributed by atoms with Gasteiger partial charge in [-0.05, 0) is 19.3 Å². The molecule has 0 unspecified atom stereocenters. The van der Waals surface area contributed by atoms with Crippen LogP contribution in [0.25, 0.3) is 0 Å². The Kier molecular flexibility index (Phi) is 5.17. The Bertz CT molecular complexity index is 356. The topological polar surface area (TPSA) is 50.9 Å². The molecule has 4 nitrogen and oxygen atoms in total. The predicted molar refractivity (Wildman–Crippen MR) is 71.3 cm³/mol. The summed E-state index contributed by atoms with van der Waals surface area (Å²) in [4.78, 5) is 0. The molecule has 18 heavy (non-hydrogen) atoms. The standard InChI is InChI=1S/C14H25N3O/c1-2-3-7-10-17-14(13(11-18)15-16-17)12-8-5-4-6-9-12/h12,18H,2-11H2,1H3. The lowest BCUT2D eigenvalue weighted by molar-refractivity contribution is 0.273. The van der Waals surface area contributed by atoms with Crippen molar-refractivity contribution in [3.8, 4) is 0 Å². The molecular weight excluding hydrogens is 226 g/mol. The summed E-state index contributed by atoms with van der Waals surface area (Å²) in [7, 11) is 0. The zero-order valence-corrected chi connectivity index (χ0v) is 11.4. The fourth-order valence-corrected chi connectivity index (χ4v) is 2.97. The molecule has 0 aliphatic heterocycles. The third-order valence-electron chi connectivity index (χ3n) is 3.96. The first-order chi connectivity index (χ1) is 8.86. The van der Waals surface area contributed by atoms with Gasteiger partial charge in [0.1, 0.15) is 5.69 Å². The van der Waals surface area contributed by atoms with Crippen LogP contribution in [0.15, 0.2) is 0 Å². The van der Waals surface area contributed by atoms with Gasteiger partial charge in [0.2, 0.25) is 0 Å². The number of unbranched alkanes of at least 4 members (excludes halogenated alkanes) is 2. The molecule has 1 aromatic heterocycles. The molecule has 0 saturated heterocycles. The van der Waals surface area contributed by atoms with Crippen LogP contribution in [0.1, 0.15) is 75.6 Å². The highest BCUT2D eigenvalue weighted by Gasteiger charge is 2.23. The number of aromatic nitrogens is 3. The molecule has 2 rings (SSSR count). The highest BCUT2D eigenvalue weighted by molar-refractivity contribution is 5.15. The fraction of sp³-hybridized carbons (Fsp3) is 0.857. The predicted octanol–water partition coefficient (Wildman–Crippen LogP) is 3.01. The molecule has 0 spiro atoms. The summed E-state index contributed by atoms with van der Waals surface area (Å²) in [6, 6.07) is 0. The second kappa shape index (κ2) is 6.88. The first kappa shape index (κ1) is 13.5. The van der Waals surface area contributed by atoms with E-state index in [4.69, 9.17) is 0 Å². The minimum Gasteiger partial charge on any atom is -0.390 e. The first-order valence-corrected chi connectivity index (χ1v) is 7.40. The van der Waals surface area contributed by atoms with Crippen LogP contribution in [0.4, 0.5) is 0 Å². The molecule has 0 bridgehead atoms. The van der Waals surface area contributed by atoms with E-state index in [1.807, 2.05) is 0 Å². The summed E-state index contributed by atoms with van der Waals surface area (Å²) in [5, 5.41) is 17.8. The van der Waals surface area contributed by atoms with Gasteiger partial charge in [-0.15, -0.1) is 5.10 Å². The van der Waals surface area contributed by atoms with Crippen LogP contribution in [0.5, 0.6) is 0 Å². The van der Waals surface area contributed by atoms with Crippen molar-refractivity contribution in [1.82, 2.24) is 15.0 Å². The molecule has 0 radical (unpaired) electrons. The van der Waals surface area contributed by atoms with E-state index in [0.717, 1.165) is 18.7 Å². The molecule has 1 heterocycles. The summed E-state index contributed by atoms with van der Waals surface area (Å²) >= 11 is 0. The van der Waals surface area contributed by atoms with Crippen molar-refractivity contribution < 1.29 is 5.11 Å². The Morgan fingerprint density at radius 1 is 1.22 bits per heavy atom. The molecule has 1 aromatic rings. The molecular formula is C14H25N3O. The summed E-state index contributed by atoms with van der Waals surface area (Å²) in [6.07, 6.45) is 10.0. The van der Waals surface area contributed by atoms with Crippen molar-refractivity contribution in [1.29, 1.82) is 0 Å². The van der Waals surface area contributed by atoms with Gasteiger partial charge in [0, 0.05) is 12.5 Å². The van der Waals surface area contributed by atoms with Gasteiger partial charge in [0.25, 0.3) is 0 Å². The van der Waals surface area contributed by atoms with Gasteiger partial charge in [-0.3, -0.25) is 0 Å². The van der Waals surface area contributed by atoms with E-state index in [1.165, 1.54) is 50.6 Å². The van der Waals surface area contributed by atoms with Crippen molar-refractivity contribution in [3.63, 3.8) is 0 Å². The van der Waals surface area contributed by atoms with Gasteiger partial charge in [0.05, 0.1) is 12.3 Å². The van der Waals surface area contributed by atoms with Crippen LogP contribution in [-0.4, -0.2) is 20.1 Å². The molecule has 1 aliphatic rings. The normalized spacial score (nSPS) is 17.2. The van der Waals surface area contributed by atoms with Gasteiger partial charge < -0.3 is 5.11 Å². The Morgan fingerprint density at radius 2 is 2.00 bits per heavy atom. The Hall–Kier alpha value is -0.900. The molecule has 1 fully saturated rings. The lowest BCUT2D eigenvalue weighted by Gasteiger charge is -2.23. The van der Waals surface area contributed by atoms with E-state index in [0.29, 0.717) is 5.92 Å². The Balaban J connectivity index is 2.10. The quantitative estimate of drug-likeness (QED) is 0.791. The SMILES string of the molecule is CCCCCn1nnc(CO)c1C1CCCCC1. The Morgan fingerprint density at radius 3 is 2.67 bits per heavy atom. The molecule has 1 N–H and O–H groups in total. The number of hydrogen-bond acceptors (Lipinski definition) is 3. The van der Waals surface area contributed by atoms with Crippen molar-refractivity contribution in [2.75, 3.05) is 0 Å². The molecule has 102 valence electrons. The van der Waals surface area contributed by atoms with Crippen molar-refractivity contribution in [3.05, 3.63) is 11.4 Å². The fourth-order valence-electron chi connectivity index (χ4n) is 2.97. The minimum absolute atomic E-state index is 0.0274. The molecule has 0 aromatic carbocycles. The van der Waals surface area contributed by atoms with Gasteiger partial charge >= 0.3 is 0 Å². The lowest BCUT2D eigenvalue weighted by atomic mass is 9.86. The van der Waals surface area contributed by atoms with Crippen LogP contribution in [-0.2, 0) is 13.2 Å². The Labute approximate surface area is 109 Å². The van der Waals surface area contributed by atoms with Crippen LogP contribution in [0, 0.1) is 0 Å². The summed E-state index contributed by atoms with van der Waals surface area (Å²) in [6.45, 7) is 3.19. The van der Waals surface area contributed by atoms with E-state index >= 15 is 0 Å². The molecule has 1 saturated carbocycles. The average molecular weight is 251 g/mol. The van der Waals surface area contributed by atoms with Gasteiger partial charge in [-0.1, -0.05) is 44.2 Å². The number of hydrogen-bond donors (Lipinski definition) is 1. The number of nitrogens with zero attached hydrogens (tertiary/aromatic N) is 3. The molecule has 0 atom stereocenters. The number of aryl methyl sites for hydroxylation is 1. The number of rotatable bonds is 6. The summed E-state index contributed by atoms with van der Waals surface area (Å²) in [5.41, 5.74) is 2.02. The van der Waals surface area contributed by atoms with E-state index < -0.39 is 0 Å². The molecule has 0 amide bonds. The van der Waals surface area contributed by atoms with Gasteiger partial charge in [-0.2, -0.15) is 0 Å². The maximum Gasteiger partial charge on any atom is 0.112 e. The van der Waals surface area contributed by atoms with Crippen LogP contribution in [0.2, 0.25) is 0 Å². The average Bonchev–Trinajstić information content (AvgIpc) is 2.83. The monoisotopic (exact) mass is 251 g/mol. The molecule has 4 heteroatoms. The van der Waals surface area contributed by atoms with E-state index in [1.54, 1.807) is 0 Å². The van der Waals surface area contributed by atoms with Crippen molar-refractivity contribution in [2.45, 2.75) is 77.4 Å². The second-order valence-corrected chi connectivity index (χ2v) is 5.34. The third kappa shape index (κ3) is 3.10. The van der Waals surface area contributed by atoms with Crippen molar-refractivity contribution in [2.24, 2.45) is 0 Å². The zero-order valence-electron chi connectivity index (χ0n) is 11.4. The number of aliphatic hydroxyl groups is 1. The minimum atomic E-state index is 0.0274. The smallest absolute Gasteiger partial charge is 0.112 e. The van der Waals surface area contributed by atoms with E-state index in [2.05, 4.69) is 21.9 Å². The second-order valence-electron chi connectivity index (χ2n) is 5.34. The highest BCUT2D eigenvalue weighted by atomic mass is 16.3. The summed E-state index contributed by atoms with van der Waals surface area (Å²) < 4.78 is 2.05. The van der Waals surface area contributed by atoms with Crippen LogP contribution < -0.4 is 0 Å². The van der Waals surface area contributed by atoms with Crippen LogP contribution >= 0.6 is 0 Å². The lowest BCUT2D eigenvalue weighted by Crippen LogP contribution is -2.14. The van der Waals surface area contributed by atoms with Crippen LogP contribution in [0.3, 0.4) is 0 Å². The van der Waals surface area contributed by atoms with Gasteiger partial charge in [0.15, 0.2) is 0 Å². The van der Waals surface area contributed by atoms with E-state index in [9.17, 15) is 5.11 Å². The summed E-state index contributed by atoms with van der Waals surface area (Å²) in [5.74, 6) is 0.567. The maximum absolute atomic E-state index is 9.42. The van der Waals surface area contributed by atoms with E-state index in [-0.39, 0.29) is 6.61 Å². The highest BCUT2D eigenvalue weighted by Crippen LogP contribution is 2.33. The van der Waals surface area contributed by atoms with Gasteiger partial charge in [-0.25, -0.2) is 4.68 Å².